The Hall–Kier alpha value is -1.55. The Balaban J connectivity index is 3.22. The lowest BCUT2D eigenvalue weighted by Gasteiger charge is -2.06. The molecule has 0 spiro atoms. The summed E-state index contributed by atoms with van der Waals surface area (Å²) in [4.78, 5) is 0. The number of allylic oxidation sites excluding steroid dienone is 1. The minimum atomic E-state index is 1.16. The van der Waals surface area contributed by atoms with Crippen molar-refractivity contribution in [2.75, 3.05) is 0 Å². The maximum absolute atomic E-state index is 8.43. The van der Waals surface area contributed by atoms with E-state index in [4.69, 9.17) is 5.26 Å². The van der Waals surface area contributed by atoms with Crippen LogP contribution in [-0.2, 0) is 0 Å². The summed E-state index contributed by atoms with van der Waals surface area (Å²) in [6.45, 7) is 6.21. The van der Waals surface area contributed by atoms with Gasteiger partial charge in [-0.3, -0.25) is 0 Å². The smallest absolute Gasteiger partial charge is 0.0912 e. The summed E-state index contributed by atoms with van der Waals surface area (Å²) in [7, 11) is 0. The second-order valence-corrected chi connectivity index (χ2v) is 3.27. The highest BCUT2D eigenvalue weighted by atomic mass is 14.2. The van der Waals surface area contributed by atoms with E-state index in [1.807, 2.05) is 12.1 Å². The Bertz CT molecular complexity index is 358. The predicted molar refractivity (Wildman–Crippen MR) is 55.3 cm³/mol. The van der Waals surface area contributed by atoms with Gasteiger partial charge in [-0.25, -0.2) is 0 Å². The van der Waals surface area contributed by atoms with Gasteiger partial charge in [0.25, 0.3) is 0 Å². The molecule has 0 amide bonds. The molecule has 1 nitrogen and oxygen atoms in total. The van der Waals surface area contributed by atoms with E-state index in [2.05, 4.69) is 32.9 Å². The Morgan fingerprint density at radius 1 is 1.15 bits per heavy atom. The van der Waals surface area contributed by atoms with Crippen LogP contribution in [0.2, 0.25) is 0 Å². The van der Waals surface area contributed by atoms with Crippen molar-refractivity contribution in [2.24, 2.45) is 0 Å². The number of benzene rings is 1. The molecule has 0 unspecified atom stereocenters. The normalized spacial score (nSPS) is 10.3. The van der Waals surface area contributed by atoms with E-state index in [0.29, 0.717) is 0 Å². The quantitative estimate of drug-likeness (QED) is 0.595. The van der Waals surface area contributed by atoms with Crippen molar-refractivity contribution in [3.8, 4) is 6.07 Å². The Kier molecular flexibility index (Phi) is 2.87. The SMILES string of the molecule is Cc1cc(C)c(C=CC#N)c(C)c1. The molecule has 1 aromatic carbocycles. The number of aryl methyl sites for hydroxylation is 3. The summed E-state index contributed by atoms with van der Waals surface area (Å²) in [5.74, 6) is 0. The van der Waals surface area contributed by atoms with E-state index >= 15 is 0 Å². The molecule has 0 aliphatic rings. The number of hydrogen-bond acceptors (Lipinski definition) is 1. The van der Waals surface area contributed by atoms with Crippen molar-refractivity contribution in [3.05, 3.63) is 40.5 Å². The van der Waals surface area contributed by atoms with Crippen molar-refractivity contribution in [1.82, 2.24) is 0 Å². The third kappa shape index (κ3) is 2.19. The molecule has 1 rings (SSSR count). The predicted octanol–water partition coefficient (Wildman–Crippen LogP) is 3.15. The van der Waals surface area contributed by atoms with Crippen LogP contribution in [0.15, 0.2) is 18.2 Å². The van der Waals surface area contributed by atoms with Crippen molar-refractivity contribution in [2.45, 2.75) is 20.8 Å². The first kappa shape index (κ1) is 9.54. The van der Waals surface area contributed by atoms with E-state index in [-0.39, 0.29) is 0 Å². The zero-order valence-electron chi connectivity index (χ0n) is 8.26. The monoisotopic (exact) mass is 171 g/mol. The van der Waals surface area contributed by atoms with Crippen LogP contribution in [0.3, 0.4) is 0 Å². The van der Waals surface area contributed by atoms with Crippen molar-refractivity contribution < 1.29 is 0 Å². The molecule has 1 aromatic rings. The van der Waals surface area contributed by atoms with Crippen LogP contribution in [0.5, 0.6) is 0 Å². The van der Waals surface area contributed by atoms with Gasteiger partial charge in [0, 0.05) is 6.08 Å². The fraction of sp³-hybridized carbons (Fsp3) is 0.250. The van der Waals surface area contributed by atoms with Crippen LogP contribution in [0, 0.1) is 32.1 Å². The van der Waals surface area contributed by atoms with Crippen LogP contribution in [-0.4, -0.2) is 0 Å². The molecule has 0 N–H and O–H groups in total. The van der Waals surface area contributed by atoms with E-state index in [0.717, 1.165) is 5.56 Å². The van der Waals surface area contributed by atoms with Crippen molar-refractivity contribution in [3.63, 3.8) is 0 Å². The third-order valence-electron chi connectivity index (χ3n) is 2.06. The second-order valence-electron chi connectivity index (χ2n) is 3.27. The van der Waals surface area contributed by atoms with Gasteiger partial charge < -0.3 is 0 Å². The Morgan fingerprint density at radius 2 is 1.69 bits per heavy atom. The first-order chi connectivity index (χ1) is 6.15. The summed E-state index contributed by atoms with van der Waals surface area (Å²) in [5.41, 5.74) is 4.88. The van der Waals surface area contributed by atoms with E-state index in [1.54, 1.807) is 0 Å². The van der Waals surface area contributed by atoms with Gasteiger partial charge in [0.1, 0.15) is 0 Å². The second kappa shape index (κ2) is 3.91. The van der Waals surface area contributed by atoms with E-state index < -0.39 is 0 Å². The average molecular weight is 171 g/mol. The Morgan fingerprint density at radius 3 is 2.15 bits per heavy atom. The van der Waals surface area contributed by atoms with Crippen LogP contribution in [0.4, 0.5) is 0 Å². The summed E-state index contributed by atoms with van der Waals surface area (Å²) < 4.78 is 0. The van der Waals surface area contributed by atoms with Gasteiger partial charge in [-0.2, -0.15) is 5.26 Å². The molecule has 0 fully saturated rings. The van der Waals surface area contributed by atoms with Gasteiger partial charge in [0.2, 0.25) is 0 Å². The highest BCUT2D eigenvalue weighted by molar-refractivity contribution is 5.59. The summed E-state index contributed by atoms with van der Waals surface area (Å²) in [6, 6.07) is 6.26. The summed E-state index contributed by atoms with van der Waals surface area (Å²) in [6.07, 6.45) is 3.38. The van der Waals surface area contributed by atoms with Crippen molar-refractivity contribution in [1.29, 1.82) is 5.26 Å². The molecular weight excluding hydrogens is 158 g/mol. The van der Waals surface area contributed by atoms with Crippen molar-refractivity contribution >= 4 is 6.08 Å². The number of nitriles is 1. The number of rotatable bonds is 1. The molecule has 0 saturated heterocycles. The lowest BCUT2D eigenvalue weighted by atomic mass is 10.00. The van der Waals surface area contributed by atoms with Crippen LogP contribution in [0.1, 0.15) is 22.3 Å². The first-order valence-electron chi connectivity index (χ1n) is 4.29. The maximum Gasteiger partial charge on any atom is 0.0912 e. The van der Waals surface area contributed by atoms with Crippen LogP contribution < -0.4 is 0 Å². The molecule has 66 valence electrons. The third-order valence-corrected chi connectivity index (χ3v) is 2.06. The van der Waals surface area contributed by atoms with Gasteiger partial charge in [-0.1, -0.05) is 17.7 Å². The van der Waals surface area contributed by atoms with Gasteiger partial charge in [-0.15, -0.1) is 0 Å². The maximum atomic E-state index is 8.43. The zero-order valence-corrected chi connectivity index (χ0v) is 8.26. The Labute approximate surface area is 79.3 Å². The van der Waals surface area contributed by atoms with Gasteiger partial charge in [-0.05, 0) is 43.5 Å². The summed E-state index contributed by atoms with van der Waals surface area (Å²) >= 11 is 0. The molecule has 0 aliphatic heterocycles. The topological polar surface area (TPSA) is 23.8 Å². The van der Waals surface area contributed by atoms with Crippen LogP contribution in [0.25, 0.3) is 6.08 Å². The van der Waals surface area contributed by atoms with Crippen LogP contribution >= 0.6 is 0 Å². The molecular formula is C12H13N. The van der Waals surface area contributed by atoms with E-state index in [9.17, 15) is 0 Å². The number of hydrogen-bond donors (Lipinski definition) is 0. The molecule has 0 heterocycles. The van der Waals surface area contributed by atoms with E-state index in [1.165, 1.54) is 22.8 Å². The minimum absolute atomic E-state index is 1.16. The summed E-state index contributed by atoms with van der Waals surface area (Å²) in [5, 5.41) is 8.43. The molecule has 0 atom stereocenters. The largest absolute Gasteiger partial charge is 0.193 e. The highest BCUT2D eigenvalue weighted by Gasteiger charge is 1.99. The minimum Gasteiger partial charge on any atom is -0.193 e. The fourth-order valence-corrected chi connectivity index (χ4v) is 1.57. The standard InChI is InChI=1S/C12H13N/c1-9-7-10(2)12(5-4-6-13)11(3)8-9/h4-5,7-8H,1-3H3. The van der Waals surface area contributed by atoms with Gasteiger partial charge >= 0.3 is 0 Å². The lowest BCUT2D eigenvalue weighted by Crippen LogP contribution is -1.87. The fourth-order valence-electron chi connectivity index (χ4n) is 1.57. The highest BCUT2D eigenvalue weighted by Crippen LogP contribution is 2.17. The average Bonchev–Trinajstić information content (AvgIpc) is 2.02. The number of nitrogens with zero attached hydrogens (tertiary/aromatic N) is 1. The van der Waals surface area contributed by atoms with Gasteiger partial charge in [0.05, 0.1) is 6.07 Å². The van der Waals surface area contributed by atoms with Gasteiger partial charge in [0.15, 0.2) is 0 Å². The molecule has 1 heteroatoms. The molecule has 0 aliphatic carbocycles. The molecule has 0 aromatic heterocycles. The molecule has 13 heavy (non-hydrogen) atoms. The molecule has 0 radical (unpaired) electrons. The molecule has 0 bridgehead atoms. The molecule has 0 saturated carbocycles. The zero-order chi connectivity index (χ0) is 9.84. The lowest BCUT2D eigenvalue weighted by molar-refractivity contribution is 1.30. The first-order valence-corrected chi connectivity index (χ1v) is 4.29.